The van der Waals surface area contributed by atoms with Crippen LogP contribution >= 0.6 is 0 Å². The minimum atomic E-state index is 0.332. The van der Waals surface area contributed by atoms with Crippen LogP contribution in [-0.4, -0.2) is 5.78 Å². The van der Waals surface area contributed by atoms with Gasteiger partial charge in [-0.15, -0.1) is 0 Å². The molecule has 0 aliphatic rings. The molecular formula is C11H16O2. The van der Waals surface area contributed by atoms with Crippen LogP contribution in [0.1, 0.15) is 44.8 Å². The number of Topliss-reactive ketones (excluding diaryl/α,β-unsaturated/α-hetero) is 1. The summed E-state index contributed by atoms with van der Waals surface area (Å²) < 4.78 is 5.25. The summed E-state index contributed by atoms with van der Waals surface area (Å²) in [7, 11) is 0. The fourth-order valence-corrected chi connectivity index (χ4v) is 1.27. The highest BCUT2D eigenvalue weighted by molar-refractivity contribution is 5.77. The summed E-state index contributed by atoms with van der Waals surface area (Å²) in [5, 5.41) is 0. The molecule has 0 aliphatic heterocycles. The van der Waals surface area contributed by atoms with E-state index in [0.717, 1.165) is 12.2 Å². The Morgan fingerprint density at radius 3 is 2.92 bits per heavy atom. The van der Waals surface area contributed by atoms with Gasteiger partial charge in [-0.1, -0.05) is 13.8 Å². The number of hydrogen-bond acceptors (Lipinski definition) is 2. The average molecular weight is 180 g/mol. The first kappa shape index (κ1) is 10.0. The predicted octanol–water partition coefficient (Wildman–Crippen LogP) is 3.14. The Kier molecular flexibility index (Phi) is 3.74. The lowest BCUT2D eigenvalue weighted by Gasteiger charge is -2.06. The zero-order chi connectivity index (χ0) is 9.68. The van der Waals surface area contributed by atoms with E-state index < -0.39 is 0 Å². The summed E-state index contributed by atoms with van der Waals surface area (Å²) in [6.45, 7) is 3.99. The maximum absolute atomic E-state index is 11.1. The van der Waals surface area contributed by atoms with E-state index in [0.29, 0.717) is 24.5 Å². The van der Waals surface area contributed by atoms with Gasteiger partial charge in [0.1, 0.15) is 11.5 Å². The summed E-state index contributed by atoms with van der Waals surface area (Å²) in [5.41, 5.74) is 0. The summed E-state index contributed by atoms with van der Waals surface area (Å²) in [4.78, 5) is 11.1. The van der Waals surface area contributed by atoms with Crippen molar-refractivity contribution in [3.63, 3.8) is 0 Å². The van der Waals surface area contributed by atoms with Crippen molar-refractivity contribution in [2.24, 2.45) is 0 Å². The van der Waals surface area contributed by atoms with Gasteiger partial charge in [-0.25, -0.2) is 0 Å². The number of carbonyl (C=O) groups is 1. The van der Waals surface area contributed by atoms with Crippen molar-refractivity contribution in [2.45, 2.75) is 39.0 Å². The van der Waals surface area contributed by atoms with Gasteiger partial charge >= 0.3 is 0 Å². The van der Waals surface area contributed by atoms with Gasteiger partial charge in [-0.05, 0) is 18.6 Å². The van der Waals surface area contributed by atoms with Crippen LogP contribution in [0.15, 0.2) is 22.8 Å². The second-order valence-electron chi connectivity index (χ2n) is 3.35. The largest absolute Gasteiger partial charge is 0.469 e. The third kappa shape index (κ3) is 3.05. The lowest BCUT2D eigenvalue weighted by Crippen LogP contribution is -1.99. The molecule has 0 N–H and O–H groups in total. The van der Waals surface area contributed by atoms with Gasteiger partial charge in [0.2, 0.25) is 0 Å². The highest BCUT2D eigenvalue weighted by atomic mass is 16.3. The van der Waals surface area contributed by atoms with Gasteiger partial charge in [0.25, 0.3) is 0 Å². The van der Waals surface area contributed by atoms with Crippen LogP contribution in [0.4, 0.5) is 0 Å². The summed E-state index contributed by atoms with van der Waals surface area (Å²) in [6.07, 6.45) is 3.87. The van der Waals surface area contributed by atoms with Crippen LogP contribution in [0.25, 0.3) is 0 Å². The minimum absolute atomic E-state index is 0.332. The van der Waals surface area contributed by atoms with E-state index in [4.69, 9.17) is 4.42 Å². The molecule has 1 aromatic rings. The van der Waals surface area contributed by atoms with Crippen molar-refractivity contribution >= 4 is 5.78 Å². The fourth-order valence-electron chi connectivity index (χ4n) is 1.27. The Bertz CT molecular complexity index is 249. The summed E-state index contributed by atoms with van der Waals surface area (Å²) >= 11 is 0. The number of ketones is 1. The smallest absolute Gasteiger partial charge is 0.132 e. The van der Waals surface area contributed by atoms with Gasteiger partial charge < -0.3 is 4.42 Å². The van der Waals surface area contributed by atoms with Gasteiger partial charge in [0.15, 0.2) is 0 Å². The standard InChI is InChI=1S/C11H16O2/c1-3-10(12)7-6-9(2)11-5-4-8-13-11/h4-5,8-9H,3,6-7H2,1-2H3. The molecule has 72 valence electrons. The maximum atomic E-state index is 11.1. The normalized spacial score (nSPS) is 12.8. The van der Waals surface area contributed by atoms with Crippen LogP contribution < -0.4 is 0 Å². The SMILES string of the molecule is CCC(=O)CCC(C)c1ccco1. The molecule has 0 amide bonds. The monoisotopic (exact) mass is 180 g/mol. The third-order valence-corrected chi connectivity index (χ3v) is 2.28. The molecule has 0 fully saturated rings. The van der Waals surface area contributed by atoms with Crippen LogP contribution in [0.5, 0.6) is 0 Å². The first-order valence-corrected chi connectivity index (χ1v) is 4.79. The fraction of sp³-hybridized carbons (Fsp3) is 0.545. The van der Waals surface area contributed by atoms with Gasteiger partial charge in [-0.3, -0.25) is 4.79 Å². The molecule has 0 bridgehead atoms. The van der Waals surface area contributed by atoms with Crippen LogP contribution in [0, 0.1) is 0 Å². The molecule has 1 rings (SSSR count). The first-order chi connectivity index (χ1) is 6.24. The minimum Gasteiger partial charge on any atom is -0.469 e. The summed E-state index contributed by atoms with van der Waals surface area (Å²) in [6, 6.07) is 3.84. The Hall–Kier alpha value is -1.05. The highest BCUT2D eigenvalue weighted by Crippen LogP contribution is 2.20. The van der Waals surface area contributed by atoms with Gasteiger partial charge in [-0.2, -0.15) is 0 Å². The topological polar surface area (TPSA) is 30.2 Å². The number of carbonyl (C=O) groups excluding carboxylic acids is 1. The van der Waals surface area contributed by atoms with E-state index in [2.05, 4.69) is 6.92 Å². The molecule has 0 saturated carbocycles. The molecule has 2 heteroatoms. The van der Waals surface area contributed by atoms with Gasteiger partial charge in [0, 0.05) is 18.8 Å². The maximum Gasteiger partial charge on any atom is 0.132 e. The Balaban J connectivity index is 2.34. The van der Waals surface area contributed by atoms with Crippen LogP contribution in [-0.2, 0) is 4.79 Å². The molecule has 1 aromatic heterocycles. The van der Waals surface area contributed by atoms with E-state index >= 15 is 0 Å². The van der Waals surface area contributed by atoms with E-state index in [9.17, 15) is 4.79 Å². The second kappa shape index (κ2) is 4.85. The number of furan rings is 1. The Morgan fingerprint density at radius 1 is 1.62 bits per heavy atom. The molecule has 0 saturated heterocycles. The van der Waals surface area contributed by atoms with E-state index in [1.165, 1.54) is 0 Å². The number of hydrogen-bond donors (Lipinski definition) is 0. The van der Waals surface area contributed by atoms with Gasteiger partial charge in [0.05, 0.1) is 6.26 Å². The molecule has 1 atom stereocenters. The average Bonchev–Trinajstić information content (AvgIpc) is 2.66. The zero-order valence-corrected chi connectivity index (χ0v) is 8.25. The van der Waals surface area contributed by atoms with Crippen molar-refractivity contribution in [2.75, 3.05) is 0 Å². The second-order valence-corrected chi connectivity index (χ2v) is 3.35. The first-order valence-electron chi connectivity index (χ1n) is 4.79. The van der Waals surface area contributed by atoms with E-state index in [1.807, 2.05) is 19.1 Å². The zero-order valence-electron chi connectivity index (χ0n) is 8.25. The molecular weight excluding hydrogens is 164 g/mol. The quantitative estimate of drug-likeness (QED) is 0.696. The number of rotatable bonds is 5. The van der Waals surface area contributed by atoms with Crippen LogP contribution in [0.2, 0.25) is 0 Å². The van der Waals surface area contributed by atoms with Crippen molar-refractivity contribution in [3.05, 3.63) is 24.2 Å². The molecule has 13 heavy (non-hydrogen) atoms. The molecule has 2 nitrogen and oxygen atoms in total. The van der Waals surface area contributed by atoms with Crippen molar-refractivity contribution in [1.82, 2.24) is 0 Å². The molecule has 0 aromatic carbocycles. The van der Waals surface area contributed by atoms with Crippen molar-refractivity contribution in [3.8, 4) is 0 Å². The molecule has 1 unspecified atom stereocenters. The Morgan fingerprint density at radius 2 is 2.38 bits per heavy atom. The Labute approximate surface area is 78.9 Å². The van der Waals surface area contributed by atoms with Crippen molar-refractivity contribution in [1.29, 1.82) is 0 Å². The van der Waals surface area contributed by atoms with Crippen LogP contribution in [0.3, 0.4) is 0 Å². The van der Waals surface area contributed by atoms with E-state index in [1.54, 1.807) is 6.26 Å². The molecule has 0 spiro atoms. The molecule has 0 radical (unpaired) electrons. The lowest BCUT2D eigenvalue weighted by atomic mass is 10.0. The lowest BCUT2D eigenvalue weighted by molar-refractivity contribution is -0.118. The predicted molar refractivity (Wildman–Crippen MR) is 51.7 cm³/mol. The summed E-state index contributed by atoms with van der Waals surface area (Å²) in [5.74, 6) is 1.66. The highest BCUT2D eigenvalue weighted by Gasteiger charge is 2.09. The van der Waals surface area contributed by atoms with E-state index in [-0.39, 0.29) is 0 Å². The molecule has 1 heterocycles. The third-order valence-electron chi connectivity index (χ3n) is 2.28. The van der Waals surface area contributed by atoms with Crippen molar-refractivity contribution < 1.29 is 9.21 Å². The molecule has 0 aliphatic carbocycles.